The Morgan fingerprint density at radius 2 is 2.00 bits per heavy atom. The van der Waals surface area contributed by atoms with Gasteiger partial charge in [0.05, 0.1) is 0 Å². The number of rotatable bonds is 4. The SMILES string of the molecule is Cc1cc(CN[C@H](C)c2cccc(Br)c2)ccc1F. The molecule has 1 N–H and O–H groups in total. The Labute approximate surface area is 122 Å². The van der Waals surface area contributed by atoms with Gasteiger partial charge in [-0.2, -0.15) is 0 Å². The molecule has 0 saturated heterocycles. The highest BCUT2D eigenvalue weighted by atomic mass is 79.9. The Morgan fingerprint density at radius 1 is 1.21 bits per heavy atom. The van der Waals surface area contributed by atoms with Crippen molar-refractivity contribution < 1.29 is 4.39 Å². The van der Waals surface area contributed by atoms with E-state index < -0.39 is 0 Å². The maximum Gasteiger partial charge on any atom is 0.126 e. The fourth-order valence-electron chi connectivity index (χ4n) is 1.98. The predicted octanol–water partition coefficient (Wildman–Crippen LogP) is 4.75. The van der Waals surface area contributed by atoms with Crippen molar-refractivity contribution >= 4 is 15.9 Å². The molecular formula is C16H17BrFN. The van der Waals surface area contributed by atoms with Crippen LogP contribution in [-0.4, -0.2) is 0 Å². The van der Waals surface area contributed by atoms with E-state index >= 15 is 0 Å². The van der Waals surface area contributed by atoms with Crippen molar-refractivity contribution in [3.63, 3.8) is 0 Å². The van der Waals surface area contributed by atoms with Crippen LogP contribution in [0.3, 0.4) is 0 Å². The Morgan fingerprint density at radius 3 is 2.68 bits per heavy atom. The molecule has 0 unspecified atom stereocenters. The van der Waals surface area contributed by atoms with Crippen molar-refractivity contribution in [1.82, 2.24) is 5.32 Å². The third-order valence-electron chi connectivity index (χ3n) is 3.18. The van der Waals surface area contributed by atoms with Crippen LogP contribution < -0.4 is 5.32 Å². The summed E-state index contributed by atoms with van der Waals surface area (Å²) in [5.74, 6) is -0.149. The summed E-state index contributed by atoms with van der Waals surface area (Å²) in [4.78, 5) is 0. The van der Waals surface area contributed by atoms with Crippen LogP contribution in [0.2, 0.25) is 0 Å². The summed E-state index contributed by atoms with van der Waals surface area (Å²) in [5, 5.41) is 3.45. The second-order valence-corrected chi connectivity index (χ2v) is 5.66. The van der Waals surface area contributed by atoms with E-state index in [9.17, 15) is 4.39 Å². The number of hydrogen-bond acceptors (Lipinski definition) is 1. The van der Waals surface area contributed by atoms with Gasteiger partial charge in [-0.05, 0) is 48.7 Å². The molecule has 2 aromatic carbocycles. The van der Waals surface area contributed by atoms with Gasteiger partial charge in [-0.1, -0.05) is 40.2 Å². The molecule has 0 bridgehead atoms. The zero-order valence-electron chi connectivity index (χ0n) is 11.1. The number of halogens is 2. The number of hydrogen-bond donors (Lipinski definition) is 1. The Balaban J connectivity index is 2.00. The molecule has 1 atom stereocenters. The lowest BCUT2D eigenvalue weighted by Gasteiger charge is -2.15. The van der Waals surface area contributed by atoms with Crippen LogP contribution >= 0.6 is 15.9 Å². The van der Waals surface area contributed by atoms with Gasteiger partial charge in [-0.3, -0.25) is 0 Å². The lowest BCUT2D eigenvalue weighted by atomic mass is 10.1. The monoisotopic (exact) mass is 321 g/mol. The third kappa shape index (κ3) is 3.88. The highest BCUT2D eigenvalue weighted by molar-refractivity contribution is 9.10. The number of nitrogens with one attached hydrogen (secondary N) is 1. The van der Waals surface area contributed by atoms with Crippen LogP contribution in [0.5, 0.6) is 0 Å². The summed E-state index contributed by atoms with van der Waals surface area (Å²) in [6, 6.07) is 13.7. The van der Waals surface area contributed by atoms with Gasteiger partial charge in [0.1, 0.15) is 5.82 Å². The summed E-state index contributed by atoms with van der Waals surface area (Å²) in [6.45, 7) is 4.64. The summed E-state index contributed by atoms with van der Waals surface area (Å²) in [6.07, 6.45) is 0. The van der Waals surface area contributed by atoms with Gasteiger partial charge < -0.3 is 5.32 Å². The molecule has 0 fully saturated rings. The zero-order chi connectivity index (χ0) is 13.8. The minimum absolute atomic E-state index is 0.149. The summed E-state index contributed by atoms with van der Waals surface area (Å²) in [7, 11) is 0. The molecule has 2 rings (SSSR count). The molecule has 19 heavy (non-hydrogen) atoms. The first-order valence-corrected chi connectivity index (χ1v) is 7.09. The number of benzene rings is 2. The molecule has 0 spiro atoms. The first kappa shape index (κ1) is 14.2. The molecule has 0 aliphatic rings. The van der Waals surface area contributed by atoms with E-state index in [0.29, 0.717) is 5.56 Å². The second-order valence-electron chi connectivity index (χ2n) is 4.74. The molecule has 1 nitrogen and oxygen atoms in total. The van der Waals surface area contributed by atoms with Crippen molar-refractivity contribution in [2.75, 3.05) is 0 Å². The van der Waals surface area contributed by atoms with E-state index in [-0.39, 0.29) is 11.9 Å². The van der Waals surface area contributed by atoms with Crippen LogP contribution in [0.4, 0.5) is 4.39 Å². The van der Waals surface area contributed by atoms with E-state index in [4.69, 9.17) is 0 Å². The first-order valence-electron chi connectivity index (χ1n) is 6.30. The number of aryl methyl sites for hydroxylation is 1. The minimum atomic E-state index is -0.149. The average molecular weight is 322 g/mol. The molecule has 0 aliphatic carbocycles. The van der Waals surface area contributed by atoms with Crippen LogP contribution in [0.1, 0.15) is 29.7 Å². The van der Waals surface area contributed by atoms with Crippen LogP contribution in [0.15, 0.2) is 46.9 Å². The predicted molar refractivity (Wildman–Crippen MR) is 80.5 cm³/mol. The van der Waals surface area contributed by atoms with Gasteiger partial charge in [0.2, 0.25) is 0 Å². The molecule has 0 aliphatic heterocycles. The van der Waals surface area contributed by atoms with Crippen molar-refractivity contribution in [2.45, 2.75) is 26.4 Å². The molecule has 0 amide bonds. The van der Waals surface area contributed by atoms with Gasteiger partial charge in [-0.25, -0.2) is 4.39 Å². The van der Waals surface area contributed by atoms with Gasteiger partial charge in [0, 0.05) is 17.1 Å². The lowest BCUT2D eigenvalue weighted by molar-refractivity contribution is 0.571. The molecule has 2 aromatic rings. The Hall–Kier alpha value is -1.19. The molecule has 0 saturated carbocycles. The highest BCUT2D eigenvalue weighted by Crippen LogP contribution is 2.18. The minimum Gasteiger partial charge on any atom is -0.306 e. The smallest absolute Gasteiger partial charge is 0.126 e. The fourth-order valence-corrected chi connectivity index (χ4v) is 2.40. The molecular weight excluding hydrogens is 305 g/mol. The molecule has 100 valence electrons. The van der Waals surface area contributed by atoms with Crippen LogP contribution in [0.25, 0.3) is 0 Å². The second kappa shape index (κ2) is 6.31. The van der Waals surface area contributed by atoms with Gasteiger partial charge in [-0.15, -0.1) is 0 Å². The van der Waals surface area contributed by atoms with Crippen molar-refractivity contribution in [3.8, 4) is 0 Å². The van der Waals surface area contributed by atoms with Gasteiger partial charge in [0.25, 0.3) is 0 Å². The van der Waals surface area contributed by atoms with Gasteiger partial charge >= 0.3 is 0 Å². The summed E-state index contributed by atoms with van der Waals surface area (Å²) in [5.41, 5.74) is 3.02. The largest absolute Gasteiger partial charge is 0.306 e. The highest BCUT2D eigenvalue weighted by Gasteiger charge is 2.06. The summed E-state index contributed by atoms with van der Waals surface area (Å²) < 4.78 is 14.3. The van der Waals surface area contributed by atoms with Crippen molar-refractivity contribution in [3.05, 3.63) is 69.4 Å². The van der Waals surface area contributed by atoms with Crippen LogP contribution in [-0.2, 0) is 6.54 Å². The summed E-state index contributed by atoms with van der Waals surface area (Å²) >= 11 is 3.47. The first-order chi connectivity index (χ1) is 9.06. The van der Waals surface area contributed by atoms with E-state index in [2.05, 4.69) is 40.3 Å². The maximum absolute atomic E-state index is 13.2. The normalized spacial score (nSPS) is 12.4. The van der Waals surface area contributed by atoms with Crippen molar-refractivity contribution in [1.29, 1.82) is 0 Å². The third-order valence-corrected chi connectivity index (χ3v) is 3.68. The van der Waals surface area contributed by atoms with E-state index in [0.717, 1.165) is 16.6 Å². The molecule has 0 aromatic heterocycles. The maximum atomic E-state index is 13.2. The van der Waals surface area contributed by atoms with Crippen LogP contribution in [0, 0.1) is 12.7 Å². The molecule has 3 heteroatoms. The zero-order valence-corrected chi connectivity index (χ0v) is 12.7. The molecule has 0 heterocycles. The standard InChI is InChI=1S/C16H17BrFN/c1-11-8-13(6-7-16(11)18)10-19-12(2)14-4-3-5-15(17)9-14/h3-9,12,19H,10H2,1-2H3/t12-/m1/s1. The Kier molecular flexibility index (Phi) is 4.72. The lowest BCUT2D eigenvalue weighted by Crippen LogP contribution is -2.18. The Bertz CT molecular complexity index is 568. The van der Waals surface area contributed by atoms with Gasteiger partial charge in [0.15, 0.2) is 0 Å². The average Bonchev–Trinajstić information content (AvgIpc) is 2.40. The van der Waals surface area contributed by atoms with E-state index in [1.54, 1.807) is 6.92 Å². The fraction of sp³-hybridized carbons (Fsp3) is 0.250. The van der Waals surface area contributed by atoms with Crippen molar-refractivity contribution in [2.24, 2.45) is 0 Å². The quantitative estimate of drug-likeness (QED) is 0.857. The van der Waals surface area contributed by atoms with E-state index in [1.165, 1.54) is 11.6 Å². The topological polar surface area (TPSA) is 12.0 Å². The molecule has 0 radical (unpaired) electrons. The van der Waals surface area contributed by atoms with E-state index in [1.807, 2.05) is 24.3 Å².